The first-order chi connectivity index (χ1) is 11.0. The third-order valence-electron chi connectivity index (χ3n) is 3.87. The van der Waals surface area contributed by atoms with Gasteiger partial charge in [-0.2, -0.15) is 0 Å². The molecule has 1 aliphatic heterocycles. The summed E-state index contributed by atoms with van der Waals surface area (Å²) in [6.07, 6.45) is 0.143. The van der Waals surface area contributed by atoms with Gasteiger partial charge in [0.1, 0.15) is 11.4 Å². The molecule has 1 heterocycles. The van der Waals surface area contributed by atoms with Crippen LogP contribution in [0.4, 0.5) is 4.39 Å². The monoisotopic (exact) mass is 332 g/mol. The summed E-state index contributed by atoms with van der Waals surface area (Å²) in [5, 5.41) is 10.7. The van der Waals surface area contributed by atoms with Crippen molar-refractivity contribution in [3.05, 3.63) is 65.5 Å². The van der Waals surface area contributed by atoms with Crippen LogP contribution in [0.1, 0.15) is 24.0 Å². The van der Waals surface area contributed by atoms with Crippen LogP contribution < -0.4 is 0 Å². The van der Waals surface area contributed by atoms with Crippen molar-refractivity contribution in [3.8, 4) is 0 Å². The SMILES string of the molecule is O=C1CC(O)(c2cc(F)cc(SCc3ccccc3)c2)CCO1. The third kappa shape index (κ3) is 3.92. The summed E-state index contributed by atoms with van der Waals surface area (Å²) in [6.45, 7) is 0.151. The first kappa shape index (κ1) is 16.0. The van der Waals surface area contributed by atoms with Crippen LogP contribution in [0.25, 0.3) is 0 Å². The molecule has 1 N–H and O–H groups in total. The zero-order valence-electron chi connectivity index (χ0n) is 12.5. The lowest BCUT2D eigenvalue weighted by atomic mass is 9.86. The summed E-state index contributed by atoms with van der Waals surface area (Å²) >= 11 is 1.50. The minimum atomic E-state index is -1.35. The van der Waals surface area contributed by atoms with Crippen LogP contribution in [-0.2, 0) is 20.9 Å². The van der Waals surface area contributed by atoms with E-state index in [2.05, 4.69) is 0 Å². The van der Waals surface area contributed by atoms with Gasteiger partial charge in [0.2, 0.25) is 0 Å². The minimum absolute atomic E-state index is 0.140. The Kier molecular flexibility index (Phi) is 4.68. The number of esters is 1. The molecule has 0 aliphatic carbocycles. The molecular weight excluding hydrogens is 315 g/mol. The number of cyclic esters (lactones) is 1. The molecule has 0 aromatic heterocycles. The van der Waals surface area contributed by atoms with Crippen LogP contribution in [0.15, 0.2) is 53.4 Å². The van der Waals surface area contributed by atoms with Gasteiger partial charge in [-0.25, -0.2) is 4.39 Å². The predicted octanol–water partition coefficient (Wildman–Crippen LogP) is 3.64. The van der Waals surface area contributed by atoms with Crippen LogP contribution in [0.5, 0.6) is 0 Å². The van der Waals surface area contributed by atoms with Gasteiger partial charge in [-0.15, -0.1) is 11.8 Å². The highest BCUT2D eigenvalue weighted by Crippen LogP contribution is 2.35. The molecule has 0 spiro atoms. The Bertz CT molecular complexity index is 705. The fourth-order valence-electron chi connectivity index (χ4n) is 2.61. The summed E-state index contributed by atoms with van der Waals surface area (Å²) < 4.78 is 18.8. The summed E-state index contributed by atoms with van der Waals surface area (Å²) in [6, 6.07) is 14.4. The molecule has 0 amide bonds. The quantitative estimate of drug-likeness (QED) is 0.686. The van der Waals surface area contributed by atoms with Gasteiger partial charge >= 0.3 is 5.97 Å². The average molecular weight is 332 g/mol. The molecule has 3 nitrogen and oxygen atoms in total. The largest absolute Gasteiger partial charge is 0.465 e. The number of halogens is 1. The second-order valence-corrected chi connectivity index (χ2v) is 6.68. The zero-order chi connectivity index (χ0) is 16.3. The number of hydrogen-bond acceptors (Lipinski definition) is 4. The van der Waals surface area contributed by atoms with Crippen molar-refractivity contribution in [2.24, 2.45) is 0 Å². The highest BCUT2D eigenvalue weighted by atomic mass is 32.2. The van der Waals surface area contributed by atoms with Crippen molar-refractivity contribution in [3.63, 3.8) is 0 Å². The second-order valence-electron chi connectivity index (χ2n) is 5.63. The van der Waals surface area contributed by atoms with Crippen molar-refractivity contribution in [1.29, 1.82) is 0 Å². The van der Waals surface area contributed by atoms with Gasteiger partial charge in [0.25, 0.3) is 0 Å². The molecule has 0 bridgehead atoms. The van der Waals surface area contributed by atoms with E-state index in [0.717, 1.165) is 10.5 Å². The molecule has 2 aromatic carbocycles. The average Bonchev–Trinajstić information content (AvgIpc) is 2.53. The molecule has 120 valence electrons. The van der Waals surface area contributed by atoms with E-state index in [4.69, 9.17) is 4.74 Å². The number of benzene rings is 2. The van der Waals surface area contributed by atoms with Crippen molar-refractivity contribution in [2.75, 3.05) is 6.61 Å². The molecule has 5 heteroatoms. The maximum absolute atomic E-state index is 13.9. The Hall–Kier alpha value is -1.85. The van der Waals surface area contributed by atoms with E-state index in [1.165, 1.54) is 23.9 Å². The molecule has 1 aliphatic rings. The summed E-state index contributed by atoms with van der Waals surface area (Å²) in [5.74, 6) is -0.156. The first-order valence-electron chi connectivity index (χ1n) is 7.41. The zero-order valence-corrected chi connectivity index (χ0v) is 13.3. The fourth-order valence-corrected chi connectivity index (χ4v) is 3.55. The highest BCUT2D eigenvalue weighted by molar-refractivity contribution is 7.98. The Balaban J connectivity index is 1.80. The number of carbonyl (C=O) groups excluding carboxylic acids is 1. The second kappa shape index (κ2) is 6.72. The Labute approximate surface area is 138 Å². The number of hydrogen-bond donors (Lipinski definition) is 1. The minimum Gasteiger partial charge on any atom is -0.465 e. The molecule has 1 fully saturated rings. The topological polar surface area (TPSA) is 46.5 Å². The van der Waals surface area contributed by atoms with Crippen molar-refractivity contribution in [1.82, 2.24) is 0 Å². The number of carbonyl (C=O) groups is 1. The molecule has 0 radical (unpaired) electrons. The van der Waals surface area contributed by atoms with Gasteiger partial charge in [0.15, 0.2) is 0 Å². The number of rotatable bonds is 4. The number of aliphatic hydroxyl groups is 1. The molecule has 0 saturated carbocycles. The van der Waals surface area contributed by atoms with Crippen molar-refractivity contribution >= 4 is 17.7 Å². The maximum atomic E-state index is 13.9. The van der Waals surface area contributed by atoms with Crippen LogP contribution >= 0.6 is 11.8 Å². The van der Waals surface area contributed by atoms with E-state index >= 15 is 0 Å². The Morgan fingerprint density at radius 2 is 2.00 bits per heavy atom. The van der Waals surface area contributed by atoms with Gasteiger partial charge in [-0.3, -0.25) is 4.79 Å². The standard InChI is InChI=1S/C18H17FO3S/c19-15-8-14(18(21)6-7-22-17(20)11-18)9-16(10-15)23-12-13-4-2-1-3-5-13/h1-5,8-10,21H,6-7,11-12H2. The van der Waals surface area contributed by atoms with Gasteiger partial charge < -0.3 is 9.84 Å². The summed E-state index contributed by atoms with van der Waals surface area (Å²) in [7, 11) is 0. The molecule has 1 saturated heterocycles. The van der Waals surface area contributed by atoms with Crippen LogP contribution in [0.2, 0.25) is 0 Å². The summed E-state index contributed by atoms with van der Waals surface area (Å²) in [5.41, 5.74) is 0.229. The third-order valence-corrected chi connectivity index (χ3v) is 4.92. The molecule has 1 atom stereocenters. The van der Waals surface area contributed by atoms with E-state index < -0.39 is 17.4 Å². The normalized spacial score (nSPS) is 21.0. The van der Waals surface area contributed by atoms with E-state index in [0.29, 0.717) is 11.3 Å². The summed E-state index contributed by atoms with van der Waals surface area (Å²) in [4.78, 5) is 12.2. The van der Waals surface area contributed by atoms with Crippen LogP contribution in [0.3, 0.4) is 0 Å². The van der Waals surface area contributed by atoms with E-state index in [9.17, 15) is 14.3 Å². The van der Waals surface area contributed by atoms with Crippen molar-refractivity contribution < 1.29 is 19.0 Å². The van der Waals surface area contributed by atoms with E-state index in [1.54, 1.807) is 6.07 Å². The highest BCUT2D eigenvalue weighted by Gasteiger charge is 2.37. The van der Waals surface area contributed by atoms with Crippen LogP contribution in [-0.4, -0.2) is 17.7 Å². The Morgan fingerprint density at radius 1 is 1.22 bits per heavy atom. The van der Waals surface area contributed by atoms with Crippen molar-refractivity contribution in [2.45, 2.75) is 29.1 Å². The number of thioether (sulfide) groups is 1. The molecule has 2 aromatic rings. The lowest BCUT2D eigenvalue weighted by molar-refractivity contribution is -0.160. The maximum Gasteiger partial charge on any atom is 0.309 e. The van der Waals surface area contributed by atoms with Gasteiger partial charge in [-0.1, -0.05) is 30.3 Å². The Morgan fingerprint density at radius 3 is 2.74 bits per heavy atom. The van der Waals surface area contributed by atoms with Gasteiger partial charge in [-0.05, 0) is 29.3 Å². The van der Waals surface area contributed by atoms with Gasteiger partial charge in [0, 0.05) is 17.1 Å². The van der Waals surface area contributed by atoms with Gasteiger partial charge in [0.05, 0.1) is 13.0 Å². The van der Waals surface area contributed by atoms with E-state index in [1.807, 2.05) is 30.3 Å². The lowest BCUT2D eigenvalue weighted by Gasteiger charge is -2.31. The smallest absolute Gasteiger partial charge is 0.309 e. The predicted molar refractivity (Wildman–Crippen MR) is 86.5 cm³/mol. The molecule has 1 unspecified atom stereocenters. The molecular formula is C18H17FO3S. The van der Waals surface area contributed by atoms with Crippen LogP contribution in [0, 0.1) is 5.82 Å². The molecule has 23 heavy (non-hydrogen) atoms. The lowest BCUT2D eigenvalue weighted by Crippen LogP contribution is -2.36. The fraction of sp³-hybridized carbons (Fsp3) is 0.278. The molecule has 3 rings (SSSR count). The van der Waals surface area contributed by atoms with E-state index in [-0.39, 0.29) is 19.4 Å². The first-order valence-corrected chi connectivity index (χ1v) is 8.39. The number of ether oxygens (including phenoxy) is 1.